The highest BCUT2D eigenvalue weighted by Crippen LogP contribution is 2.18. The molecule has 0 bridgehead atoms. The number of amides is 2. The second-order valence-corrected chi connectivity index (χ2v) is 6.53. The zero-order valence-electron chi connectivity index (χ0n) is 15.8. The van der Waals surface area contributed by atoms with Crippen LogP contribution in [0.1, 0.15) is 42.2 Å². The molecule has 144 valence electrons. The smallest absolute Gasteiger partial charge is 0.273 e. The van der Waals surface area contributed by atoms with Crippen molar-refractivity contribution in [2.75, 3.05) is 0 Å². The van der Waals surface area contributed by atoms with Gasteiger partial charge in [0.05, 0.1) is 5.39 Å². The van der Waals surface area contributed by atoms with Crippen LogP contribution in [-0.2, 0) is 11.3 Å². The minimum atomic E-state index is -0.570. The lowest BCUT2D eigenvalue weighted by Gasteiger charge is -2.13. The minimum Gasteiger partial charge on any atom is -0.273 e. The average molecular weight is 378 g/mol. The Hall–Kier alpha value is -3.48. The first-order chi connectivity index (χ1) is 13.5. The first-order valence-electron chi connectivity index (χ1n) is 9.15. The average Bonchev–Trinajstić information content (AvgIpc) is 2.73. The fourth-order valence-corrected chi connectivity index (χ4v) is 3.03. The maximum atomic E-state index is 12.6. The Kier molecular flexibility index (Phi) is 5.84. The van der Waals surface area contributed by atoms with Crippen LogP contribution < -0.4 is 16.4 Å². The van der Waals surface area contributed by atoms with Crippen molar-refractivity contribution < 1.29 is 9.59 Å². The second-order valence-electron chi connectivity index (χ2n) is 6.53. The minimum absolute atomic E-state index is 0.0130. The van der Waals surface area contributed by atoms with Crippen LogP contribution >= 0.6 is 0 Å². The molecule has 1 heterocycles. The van der Waals surface area contributed by atoms with Crippen molar-refractivity contribution in [3.05, 3.63) is 76.2 Å². The summed E-state index contributed by atoms with van der Waals surface area (Å²) in [5, 5.41) is 5.00. The van der Waals surface area contributed by atoms with Crippen molar-refractivity contribution in [3.63, 3.8) is 0 Å². The first-order valence-corrected chi connectivity index (χ1v) is 9.15. The topological polar surface area (TPSA) is 93.1 Å². The van der Waals surface area contributed by atoms with Crippen LogP contribution in [0.4, 0.5) is 0 Å². The molecule has 2 N–H and O–H groups in total. The summed E-state index contributed by atoms with van der Waals surface area (Å²) in [6.07, 6.45) is 0.229. The molecule has 1 aromatic heterocycles. The predicted octanol–water partition coefficient (Wildman–Crippen LogP) is 2.37. The van der Waals surface area contributed by atoms with E-state index in [1.807, 2.05) is 37.3 Å². The van der Waals surface area contributed by atoms with Crippen LogP contribution in [0, 0.1) is 0 Å². The number of fused-ring (bicyclic) bond motifs is 1. The zero-order valence-corrected chi connectivity index (χ0v) is 15.8. The molecule has 3 aromatic rings. The third kappa shape index (κ3) is 4.09. The zero-order chi connectivity index (χ0) is 20.1. The predicted molar refractivity (Wildman–Crippen MR) is 107 cm³/mol. The molecule has 0 aliphatic carbocycles. The summed E-state index contributed by atoms with van der Waals surface area (Å²) in [7, 11) is 0. The van der Waals surface area contributed by atoms with E-state index in [1.54, 1.807) is 31.2 Å². The monoisotopic (exact) mass is 378 g/mol. The van der Waals surface area contributed by atoms with E-state index < -0.39 is 5.91 Å². The number of rotatable bonds is 5. The quantitative estimate of drug-likeness (QED) is 0.667. The molecule has 0 spiro atoms. The van der Waals surface area contributed by atoms with Crippen LogP contribution in [0.2, 0.25) is 0 Å². The van der Waals surface area contributed by atoms with Crippen LogP contribution in [0.3, 0.4) is 0 Å². The molecule has 7 nitrogen and oxygen atoms in total. The van der Waals surface area contributed by atoms with Gasteiger partial charge in [-0.15, -0.1) is 0 Å². The Morgan fingerprint density at radius 2 is 1.64 bits per heavy atom. The number of hydrazine groups is 1. The Balaban J connectivity index is 1.72. The number of aromatic nitrogens is 2. The van der Waals surface area contributed by atoms with Gasteiger partial charge in [0.1, 0.15) is 0 Å². The second kappa shape index (κ2) is 8.47. The van der Waals surface area contributed by atoms with Gasteiger partial charge >= 0.3 is 0 Å². The van der Waals surface area contributed by atoms with Crippen LogP contribution in [-0.4, -0.2) is 21.6 Å². The van der Waals surface area contributed by atoms with Crippen LogP contribution in [0.5, 0.6) is 0 Å². The SMILES string of the molecule is CCn1nc(C(=O)NNC(=O)C[C@H](C)c2ccccc2)c2ccccc2c1=O. The molecule has 0 aliphatic rings. The third-order valence-corrected chi connectivity index (χ3v) is 4.56. The van der Waals surface area contributed by atoms with Gasteiger partial charge in [-0.2, -0.15) is 5.10 Å². The highest BCUT2D eigenvalue weighted by Gasteiger charge is 2.17. The maximum Gasteiger partial charge on any atom is 0.290 e. The lowest BCUT2D eigenvalue weighted by molar-refractivity contribution is -0.122. The van der Waals surface area contributed by atoms with Gasteiger partial charge < -0.3 is 0 Å². The highest BCUT2D eigenvalue weighted by molar-refractivity contribution is 6.05. The normalized spacial score (nSPS) is 11.8. The largest absolute Gasteiger partial charge is 0.290 e. The molecule has 7 heteroatoms. The summed E-state index contributed by atoms with van der Waals surface area (Å²) in [6, 6.07) is 16.5. The molecule has 0 saturated heterocycles. The third-order valence-electron chi connectivity index (χ3n) is 4.56. The number of nitrogens with one attached hydrogen (secondary N) is 2. The molecule has 3 rings (SSSR count). The number of hydrogen-bond acceptors (Lipinski definition) is 4. The number of aryl methyl sites for hydroxylation is 1. The van der Waals surface area contributed by atoms with Gasteiger partial charge in [0.15, 0.2) is 5.69 Å². The molecule has 0 saturated carbocycles. The molecular formula is C21H22N4O3. The van der Waals surface area contributed by atoms with Gasteiger partial charge in [0.25, 0.3) is 11.5 Å². The highest BCUT2D eigenvalue weighted by atomic mass is 16.2. The van der Waals surface area contributed by atoms with Crippen molar-refractivity contribution >= 4 is 22.6 Å². The maximum absolute atomic E-state index is 12.6. The molecule has 2 aromatic carbocycles. The Labute approximate surface area is 162 Å². The summed E-state index contributed by atoms with van der Waals surface area (Å²) in [6.45, 7) is 4.06. The van der Waals surface area contributed by atoms with Gasteiger partial charge in [-0.1, -0.05) is 55.5 Å². The summed E-state index contributed by atoms with van der Waals surface area (Å²) in [4.78, 5) is 37.2. The molecule has 1 atom stereocenters. The Morgan fingerprint density at radius 1 is 1.00 bits per heavy atom. The molecule has 2 amide bonds. The first kappa shape index (κ1) is 19.3. The van der Waals surface area contributed by atoms with Gasteiger partial charge in [0.2, 0.25) is 5.91 Å². The molecule has 0 aliphatic heterocycles. The van der Waals surface area contributed by atoms with Gasteiger partial charge in [0, 0.05) is 18.4 Å². The van der Waals surface area contributed by atoms with E-state index in [0.717, 1.165) is 5.56 Å². The summed E-state index contributed by atoms with van der Waals surface area (Å²) >= 11 is 0. The van der Waals surface area contributed by atoms with Crippen molar-refractivity contribution in [2.24, 2.45) is 0 Å². The number of benzene rings is 2. The number of hydrogen-bond donors (Lipinski definition) is 2. The lowest BCUT2D eigenvalue weighted by Crippen LogP contribution is -2.43. The van der Waals surface area contributed by atoms with E-state index in [4.69, 9.17) is 0 Å². The van der Waals surface area contributed by atoms with E-state index in [9.17, 15) is 14.4 Å². The molecule has 0 fully saturated rings. The molecule has 28 heavy (non-hydrogen) atoms. The fraction of sp³-hybridized carbons (Fsp3) is 0.238. The number of carbonyl (C=O) groups is 2. The Bertz CT molecular complexity index is 1060. The number of nitrogens with zero attached hydrogens (tertiary/aromatic N) is 2. The van der Waals surface area contributed by atoms with Crippen molar-refractivity contribution in [1.82, 2.24) is 20.6 Å². The van der Waals surface area contributed by atoms with Gasteiger partial charge in [-0.05, 0) is 24.5 Å². The summed E-state index contributed by atoms with van der Waals surface area (Å²) in [5.41, 5.74) is 5.72. The Morgan fingerprint density at radius 3 is 2.32 bits per heavy atom. The van der Waals surface area contributed by atoms with E-state index in [0.29, 0.717) is 17.3 Å². The lowest BCUT2D eigenvalue weighted by atomic mass is 9.98. The van der Waals surface area contributed by atoms with Crippen molar-refractivity contribution in [1.29, 1.82) is 0 Å². The fourth-order valence-electron chi connectivity index (χ4n) is 3.03. The molecule has 0 unspecified atom stereocenters. The van der Waals surface area contributed by atoms with Crippen LogP contribution in [0.25, 0.3) is 10.8 Å². The van der Waals surface area contributed by atoms with Crippen molar-refractivity contribution in [3.8, 4) is 0 Å². The number of carbonyl (C=O) groups excluding carboxylic acids is 2. The summed E-state index contributed by atoms with van der Waals surface area (Å²) < 4.78 is 1.23. The summed E-state index contributed by atoms with van der Waals surface area (Å²) in [5.74, 6) is -0.865. The van der Waals surface area contributed by atoms with Crippen LogP contribution in [0.15, 0.2) is 59.4 Å². The molecular weight excluding hydrogens is 356 g/mol. The van der Waals surface area contributed by atoms with E-state index in [1.165, 1.54) is 4.68 Å². The van der Waals surface area contributed by atoms with E-state index in [-0.39, 0.29) is 29.5 Å². The van der Waals surface area contributed by atoms with E-state index in [2.05, 4.69) is 16.0 Å². The van der Waals surface area contributed by atoms with Gasteiger partial charge in [-0.3, -0.25) is 25.2 Å². The van der Waals surface area contributed by atoms with Crippen molar-refractivity contribution in [2.45, 2.75) is 32.7 Å². The van der Waals surface area contributed by atoms with E-state index >= 15 is 0 Å². The van der Waals surface area contributed by atoms with Gasteiger partial charge in [-0.25, -0.2) is 4.68 Å². The standard InChI is InChI=1S/C21H22N4O3/c1-3-25-21(28)17-12-8-7-11-16(17)19(24-25)20(27)23-22-18(26)13-14(2)15-9-5-4-6-10-15/h4-12,14H,3,13H2,1-2H3,(H,22,26)(H,23,27)/t14-/m0/s1. The molecule has 0 radical (unpaired) electrons.